The van der Waals surface area contributed by atoms with Crippen molar-refractivity contribution in [1.82, 2.24) is 10.2 Å². The molecule has 6 rings (SSSR count). The normalized spacial score (nSPS) is 21.4. The minimum atomic E-state index is -0.400. The highest BCUT2D eigenvalue weighted by Crippen LogP contribution is 2.31. The number of alkyl carbamates (subject to hydrolysis) is 1. The zero-order valence-electron chi connectivity index (χ0n) is 20.2. The lowest BCUT2D eigenvalue weighted by molar-refractivity contribution is -0.0336. The number of amides is 1. The molecule has 3 fully saturated rings. The highest BCUT2D eigenvalue weighted by Gasteiger charge is 2.36. The van der Waals surface area contributed by atoms with E-state index >= 15 is 0 Å². The minimum Gasteiger partial charge on any atom is -0.488 e. The van der Waals surface area contributed by atoms with Crippen LogP contribution in [0.1, 0.15) is 44.6 Å². The molecule has 2 bridgehead atoms. The molecular formula is C28H30N2O5S. The van der Waals surface area contributed by atoms with Gasteiger partial charge >= 0.3 is 12.1 Å². The van der Waals surface area contributed by atoms with E-state index in [1.54, 1.807) is 6.07 Å². The molecule has 0 aliphatic carbocycles. The fourth-order valence-corrected chi connectivity index (χ4v) is 5.78. The maximum absolute atomic E-state index is 13.0. The summed E-state index contributed by atoms with van der Waals surface area (Å²) in [5.74, 6) is 0.772. The quantitative estimate of drug-likeness (QED) is 0.432. The lowest BCUT2D eigenvalue weighted by Crippen LogP contribution is -2.52. The molecule has 7 nitrogen and oxygen atoms in total. The van der Waals surface area contributed by atoms with Gasteiger partial charge in [0.2, 0.25) is 0 Å². The number of fused-ring (bicyclic) bond motifs is 3. The summed E-state index contributed by atoms with van der Waals surface area (Å²) in [7, 11) is 1.37. The van der Waals surface area contributed by atoms with Gasteiger partial charge in [-0.05, 0) is 67.2 Å². The summed E-state index contributed by atoms with van der Waals surface area (Å²) in [4.78, 5) is 28.5. The summed E-state index contributed by atoms with van der Waals surface area (Å²) < 4.78 is 16.7. The van der Waals surface area contributed by atoms with Gasteiger partial charge in [-0.1, -0.05) is 42.5 Å². The van der Waals surface area contributed by atoms with Crippen LogP contribution in [-0.2, 0) is 16.1 Å². The van der Waals surface area contributed by atoms with Crippen LogP contribution in [-0.4, -0.2) is 49.8 Å². The number of piperidine rings is 3. The van der Waals surface area contributed by atoms with Crippen molar-refractivity contribution in [2.75, 3.05) is 26.7 Å². The number of hydrogen-bond acceptors (Lipinski definition) is 7. The molecule has 2 atom stereocenters. The predicted molar refractivity (Wildman–Crippen MR) is 137 cm³/mol. The number of carbonyl (C=O) groups is 2. The molecular weight excluding hydrogens is 476 g/mol. The van der Waals surface area contributed by atoms with Crippen LogP contribution in [0.25, 0.3) is 0 Å². The number of benzene rings is 2. The molecule has 36 heavy (non-hydrogen) atoms. The largest absolute Gasteiger partial charge is 0.488 e. The Morgan fingerprint density at radius 3 is 2.53 bits per heavy atom. The maximum atomic E-state index is 13.0. The van der Waals surface area contributed by atoms with Gasteiger partial charge in [0.25, 0.3) is 0 Å². The highest BCUT2D eigenvalue weighted by molar-refractivity contribution is 7.13. The molecule has 3 aliphatic heterocycles. The van der Waals surface area contributed by atoms with E-state index in [4.69, 9.17) is 14.2 Å². The summed E-state index contributed by atoms with van der Waals surface area (Å²) in [6.07, 6.45) is 1.72. The van der Waals surface area contributed by atoms with Gasteiger partial charge in [0.1, 0.15) is 23.3 Å². The first-order chi connectivity index (χ1) is 17.6. The van der Waals surface area contributed by atoms with Crippen LogP contribution in [0.3, 0.4) is 0 Å². The van der Waals surface area contributed by atoms with Gasteiger partial charge in [0.05, 0.1) is 13.2 Å². The first-order valence-electron chi connectivity index (χ1n) is 12.2. The summed E-state index contributed by atoms with van der Waals surface area (Å²) in [5.41, 5.74) is 1.85. The van der Waals surface area contributed by atoms with Gasteiger partial charge in [-0.3, -0.25) is 4.90 Å². The molecule has 3 aromatic rings. The molecule has 188 valence electrons. The van der Waals surface area contributed by atoms with Gasteiger partial charge in [0, 0.05) is 11.4 Å². The molecule has 3 aliphatic rings. The monoisotopic (exact) mass is 506 g/mol. The Kier molecular flexibility index (Phi) is 7.53. The zero-order chi connectivity index (χ0) is 24.9. The average Bonchev–Trinajstić information content (AvgIpc) is 3.41. The van der Waals surface area contributed by atoms with Crippen LogP contribution in [0.5, 0.6) is 5.75 Å². The Bertz CT molecular complexity index is 1190. The van der Waals surface area contributed by atoms with Crippen molar-refractivity contribution in [3.8, 4) is 5.75 Å². The zero-order valence-corrected chi connectivity index (χ0v) is 21.0. The van der Waals surface area contributed by atoms with Crippen LogP contribution in [0.4, 0.5) is 4.79 Å². The Balaban J connectivity index is 1.28. The van der Waals surface area contributed by atoms with E-state index in [1.165, 1.54) is 18.4 Å². The summed E-state index contributed by atoms with van der Waals surface area (Å²) >= 11 is 1.35. The third-order valence-electron chi connectivity index (χ3n) is 6.87. The number of esters is 1. The molecule has 1 aromatic heterocycles. The Hall–Kier alpha value is -3.36. The van der Waals surface area contributed by atoms with E-state index in [-0.39, 0.29) is 18.1 Å². The number of nitrogens with zero attached hydrogens (tertiary/aromatic N) is 1. The van der Waals surface area contributed by atoms with Crippen molar-refractivity contribution in [3.63, 3.8) is 0 Å². The Labute approximate surface area is 215 Å². The van der Waals surface area contributed by atoms with Crippen molar-refractivity contribution in [2.24, 2.45) is 5.92 Å². The Morgan fingerprint density at radius 2 is 1.81 bits per heavy atom. The van der Waals surface area contributed by atoms with Crippen LogP contribution in [0, 0.1) is 5.92 Å². The first kappa shape index (κ1) is 24.3. The molecule has 0 radical (unpaired) electrons. The first-order valence-corrected chi connectivity index (χ1v) is 13.0. The second-order valence-electron chi connectivity index (χ2n) is 9.19. The van der Waals surface area contributed by atoms with Gasteiger partial charge in [0.15, 0.2) is 0 Å². The second kappa shape index (κ2) is 11.1. The molecule has 0 spiro atoms. The van der Waals surface area contributed by atoms with Gasteiger partial charge in [-0.25, -0.2) is 9.59 Å². The molecule has 0 saturated carbocycles. The number of methoxy groups -OCH3 is 1. The summed E-state index contributed by atoms with van der Waals surface area (Å²) in [6, 6.07) is 20.8. The molecule has 1 unspecified atom stereocenters. The van der Waals surface area contributed by atoms with E-state index < -0.39 is 6.09 Å². The summed E-state index contributed by atoms with van der Waals surface area (Å²) in [6.45, 7) is 3.34. The van der Waals surface area contributed by atoms with Crippen molar-refractivity contribution in [2.45, 2.75) is 31.6 Å². The third-order valence-corrected chi connectivity index (χ3v) is 7.91. The molecule has 1 amide bonds. The fraction of sp³-hybridized carbons (Fsp3) is 0.357. The number of hydrogen-bond donors (Lipinski definition) is 1. The van der Waals surface area contributed by atoms with Gasteiger partial charge < -0.3 is 19.5 Å². The van der Waals surface area contributed by atoms with E-state index in [2.05, 4.69) is 10.2 Å². The summed E-state index contributed by atoms with van der Waals surface area (Å²) in [5, 5.41) is 3.10. The van der Waals surface area contributed by atoms with Gasteiger partial charge in [-0.15, -0.1) is 11.3 Å². The molecule has 8 heteroatoms. The number of ether oxygens (including phenoxy) is 3. The van der Waals surface area contributed by atoms with E-state index in [0.29, 0.717) is 23.2 Å². The van der Waals surface area contributed by atoms with Crippen LogP contribution >= 0.6 is 11.3 Å². The number of nitrogens with one attached hydrogen (secondary N) is 1. The predicted octanol–water partition coefficient (Wildman–Crippen LogP) is 5.02. The van der Waals surface area contributed by atoms with E-state index in [0.717, 1.165) is 48.5 Å². The van der Waals surface area contributed by atoms with Crippen molar-refractivity contribution in [1.29, 1.82) is 0 Å². The van der Waals surface area contributed by atoms with Gasteiger partial charge in [-0.2, -0.15) is 0 Å². The van der Waals surface area contributed by atoms with E-state index in [1.807, 2.05) is 60.7 Å². The minimum absolute atomic E-state index is 0.0562. The lowest BCUT2D eigenvalue weighted by Gasteiger charge is -2.43. The third kappa shape index (κ3) is 5.71. The molecule has 4 heterocycles. The topological polar surface area (TPSA) is 77.1 Å². The van der Waals surface area contributed by atoms with Crippen molar-refractivity contribution in [3.05, 3.63) is 87.6 Å². The average molecular weight is 507 g/mol. The smallest absolute Gasteiger partial charge is 0.408 e. The number of carbonyl (C=O) groups excluding carboxylic acids is 2. The van der Waals surface area contributed by atoms with Crippen LogP contribution in [0.2, 0.25) is 0 Å². The SMILES string of the molecule is COC(=O)c1ccc(COc2cccc([C@@H](NC(=O)OC3CN4CCC3CC4)c3ccccc3)c2)s1. The molecule has 3 saturated heterocycles. The van der Waals surface area contributed by atoms with Crippen LogP contribution < -0.4 is 10.1 Å². The van der Waals surface area contributed by atoms with Crippen molar-refractivity contribution >= 4 is 23.4 Å². The number of rotatable bonds is 8. The fourth-order valence-electron chi connectivity index (χ4n) is 4.94. The number of thiophene rings is 1. The van der Waals surface area contributed by atoms with Crippen molar-refractivity contribution < 1.29 is 23.8 Å². The molecule has 1 N–H and O–H groups in total. The molecule has 2 aromatic carbocycles. The maximum Gasteiger partial charge on any atom is 0.408 e. The standard InChI is InChI=1S/C28H30N2O5S/c1-33-27(31)25-11-10-23(36-25)18-34-22-9-5-8-21(16-22)26(20-6-3-2-4-7-20)29-28(32)35-24-17-30-14-12-19(24)13-15-30/h2-11,16,19,24,26H,12-15,17-18H2,1H3,(H,29,32)/t24?,26-/m0/s1. The van der Waals surface area contributed by atoms with E-state index in [9.17, 15) is 9.59 Å². The lowest BCUT2D eigenvalue weighted by atomic mass is 9.86. The highest BCUT2D eigenvalue weighted by atomic mass is 32.1. The second-order valence-corrected chi connectivity index (χ2v) is 10.4. The van der Waals surface area contributed by atoms with Crippen LogP contribution in [0.15, 0.2) is 66.7 Å². The Morgan fingerprint density at radius 1 is 1.03 bits per heavy atom.